The maximum absolute atomic E-state index is 13.5. The standard InChI is InChI=1S/C51H80N6O23/c1-70-19-20-72-23-24-74-27-28-76-31-32-77-30-29-75-26-25-73-22-21-71-18-14-39(58)53-15-5-4-7-36(55-40(59)8-3-2-6-17-57-42(61)11-12-43(57)62)48(66)54-16-13-41(60)56-37-33-35(34-78-51(52)69)9-10-38(37)79-50-46(65)44(63)45(64)47(80-50)49(67)68/h9-12,33,36,44-47,50,63-65H,2-8,13-32,34H2,1H3,(H2,52,69)(H,53,58)(H,54,66)(H,55,59)(H,56,60)(H,67,68)/p-1/t36-,44-,45-,46+,47-,50+/m0/s1. The summed E-state index contributed by atoms with van der Waals surface area (Å²) >= 11 is 0. The number of rotatable bonds is 46. The molecule has 0 bridgehead atoms. The Morgan fingerprint density at radius 2 is 1.24 bits per heavy atom. The molecule has 2 aliphatic heterocycles. The molecule has 9 N–H and O–H groups in total. The quantitative estimate of drug-likeness (QED) is 0.0142. The van der Waals surface area contributed by atoms with E-state index in [9.17, 15) is 59.1 Å². The van der Waals surface area contributed by atoms with E-state index in [4.69, 9.17) is 57.5 Å². The number of ether oxygens (including phenoxy) is 11. The first-order valence-corrected chi connectivity index (χ1v) is 26.4. The number of amides is 6. The number of nitrogens with zero attached hydrogens (tertiary/aromatic N) is 1. The van der Waals surface area contributed by atoms with Crippen molar-refractivity contribution in [3.63, 3.8) is 0 Å². The topological polar surface area (TPSA) is 400 Å². The van der Waals surface area contributed by atoms with E-state index < -0.39 is 84.9 Å². The summed E-state index contributed by atoms with van der Waals surface area (Å²) in [6.45, 7) is 6.03. The summed E-state index contributed by atoms with van der Waals surface area (Å²) in [5.41, 5.74) is 0.147. The third-order valence-electron chi connectivity index (χ3n) is 11.6. The number of carboxylic acid groups (broad SMARTS) is 1. The number of unbranched alkanes of at least 4 members (excludes halogenated alkanes) is 3. The summed E-state index contributed by atoms with van der Waals surface area (Å²) in [5.74, 6) is -4.68. The minimum Gasteiger partial charge on any atom is -0.596 e. The van der Waals surface area contributed by atoms with Gasteiger partial charge in [-0.3, -0.25) is 39.1 Å². The maximum atomic E-state index is 13.5. The van der Waals surface area contributed by atoms with Crippen molar-refractivity contribution in [2.75, 3.05) is 131 Å². The smallest absolute Gasteiger partial charge is 0.335 e. The average molecular weight is 1140 g/mol. The van der Waals surface area contributed by atoms with Gasteiger partial charge in [0.05, 0.1) is 105 Å². The second-order valence-corrected chi connectivity index (χ2v) is 17.8. The zero-order chi connectivity index (χ0) is 58.3. The number of carbonyl (C=O) groups is 7. The van der Waals surface area contributed by atoms with E-state index in [2.05, 4.69) is 21.3 Å². The molecule has 29 heteroatoms. The fourth-order valence-corrected chi connectivity index (χ4v) is 7.36. The van der Waals surface area contributed by atoms with E-state index in [0.29, 0.717) is 118 Å². The molecule has 0 aliphatic carbocycles. The van der Waals surface area contributed by atoms with E-state index in [-0.39, 0.29) is 81.4 Å². The molecule has 2 heterocycles. The number of aliphatic carboxylic acids is 1. The molecule has 0 aromatic heterocycles. The van der Waals surface area contributed by atoms with Crippen LogP contribution in [0.15, 0.2) is 30.4 Å². The Bertz CT molecular complexity index is 2050. The van der Waals surface area contributed by atoms with Crippen LogP contribution in [-0.4, -0.2) is 235 Å². The molecule has 0 unspecified atom stereocenters. The van der Waals surface area contributed by atoms with Crippen LogP contribution in [0.1, 0.15) is 63.4 Å². The monoisotopic (exact) mass is 1140 g/mol. The number of methoxy groups -OCH3 is 1. The summed E-state index contributed by atoms with van der Waals surface area (Å²) in [5, 5.41) is 69.2. The van der Waals surface area contributed by atoms with Gasteiger partial charge in [-0.2, -0.15) is 0 Å². The van der Waals surface area contributed by atoms with Gasteiger partial charge >= 0.3 is 5.97 Å². The third-order valence-corrected chi connectivity index (χ3v) is 11.6. The number of hydrogen-bond donors (Lipinski definition) is 9. The number of carboxylic acids is 1. The van der Waals surface area contributed by atoms with Crippen LogP contribution in [0.2, 0.25) is 0 Å². The molecule has 3 rings (SSSR count). The van der Waals surface area contributed by atoms with Crippen LogP contribution >= 0.6 is 0 Å². The number of hydrogen-bond acceptors (Lipinski definition) is 23. The number of benzene rings is 1. The van der Waals surface area contributed by atoms with Crippen LogP contribution in [0.25, 0.3) is 0 Å². The fraction of sp³-hybridized carbons (Fsp3) is 0.686. The molecule has 0 spiro atoms. The van der Waals surface area contributed by atoms with Crippen molar-refractivity contribution < 1.29 is 111 Å². The van der Waals surface area contributed by atoms with Crippen molar-refractivity contribution in [2.24, 2.45) is 0 Å². The van der Waals surface area contributed by atoms with Crippen LogP contribution in [0.3, 0.4) is 0 Å². The number of aliphatic hydroxyl groups excluding tert-OH is 3. The van der Waals surface area contributed by atoms with Gasteiger partial charge in [0, 0.05) is 64.8 Å². The van der Waals surface area contributed by atoms with Crippen molar-refractivity contribution in [3.8, 4) is 5.75 Å². The number of carbonyl (C=O) groups excluding carboxylic acids is 6. The Morgan fingerprint density at radius 3 is 1.80 bits per heavy atom. The van der Waals surface area contributed by atoms with Gasteiger partial charge in [-0.1, -0.05) is 12.5 Å². The molecular formula is C51H79N6O23-. The Balaban J connectivity index is 1.37. The first-order valence-electron chi connectivity index (χ1n) is 26.4. The van der Waals surface area contributed by atoms with Gasteiger partial charge in [-0.15, -0.1) is 0 Å². The minimum absolute atomic E-state index is 0.0364. The molecule has 1 fully saturated rings. The van der Waals surface area contributed by atoms with Gasteiger partial charge < -0.3 is 98.9 Å². The molecule has 6 atom stereocenters. The zero-order valence-corrected chi connectivity index (χ0v) is 45.1. The molecule has 1 saturated heterocycles. The van der Waals surface area contributed by atoms with E-state index >= 15 is 0 Å². The van der Waals surface area contributed by atoms with Gasteiger partial charge in [0.15, 0.2) is 6.10 Å². The highest BCUT2D eigenvalue weighted by Crippen LogP contribution is 2.31. The van der Waals surface area contributed by atoms with Crippen LogP contribution in [0.5, 0.6) is 5.75 Å². The molecule has 2 aliphatic rings. The third kappa shape index (κ3) is 29.0. The molecule has 80 heavy (non-hydrogen) atoms. The molecular weight excluding hydrogens is 1060 g/mol. The summed E-state index contributed by atoms with van der Waals surface area (Å²) in [7, 11) is 1.62. The first kappa shape index (κ1) is 68.3. The van der Waals surface area contributed by atoms with Crippen molar-refractivity contribution in [1.29, 1.82) is 5.41 Å². The highest BCUT2D eigenvalue weighted by molar-refractivity contribution is 6.12. The average Bonchev–Trinajstić information content (AvgIpc) is 3.81. The minimum atomic E-state index is -2.00. The van der Waals surface area contributed by atoms with Crippen molar-refractivity contribution in [2.45, 2.75) is 101 Å². The fourth-order valence-electron chi connectivity index (χ4n) is 7.36. The van der Waals surface area contributed by atoms with Gasteiger partial charge in [-0.25, -0.2) is 4.79 Å². The van der Waals surface area contributed by atoms with Gasteiger partial charge in [0.2, 0.25) is 29.9 Å². The Kier molecular flexibility index (Phi) is 35.1. The van der Waals surface area contributed by atoms with E-state index in [0.717, 1.165) is 4.90 Å². The van der Waals surface area contributed by atoms with Crippen molar-refractivity contribution in [3.05, 3.63) is 35.9 Å². The number of aliphatic hydroxyl groups is 3. The van der Waals surface area contributed by atoms with Gasteiger partial charge in [-0.05, 0) is 49.8 Å². The van der Waals surface area contributed by atoms with Crippen LogP contribution in [0.4, 0.5) is 5.69 Å². The van der Waals surface area contributed by atoms with Crippen LogP contribution in [-0.2, 0) is 87.5 Å². The lowest BCUT2D eigenvalue weighted by atomic mass is 9.99. The second-order valence-electron chi connectivity index (χ2n) is 17.8. The van der Waals surface area contributed by atoms with Crippen molar-refractivity contribution >= 4 is 53.2 Å². The summed E-state index contributed by atoms with van der Waals surface area (Å²) < 4.78 is 58.5. The first-order chi connectivity index (χ1) is 38.6. The highest BCUT2D eigenvalue weighted by atomic mass is 16.7. The maximum Gasteiger partial charge on any atom is 0.335 e. The Morgan fingerprint density at radius 1 is 0.662 bits per heavy atom. The number of nitrogens with one attached hydrogen (secondary N) is 5. The summed E-state index contributed by atoms with van der Waals surface area (Å²) in [6.07, 6.45) is -6.56. The highest BCUT2D eigenvalue weighted by Gasteiger charge is 2.48. The molecule has 452 valence electrons. The molecule has 29 nitrogen and oxygen atoms in total. The predicted octanol–water partition coefficient (Wildman–Crippen LogP) is -2.38. The zero-order valence-electron chi connectivity index (χ0n) is 45.1. The number of imide groups is 1. The summed E-state index contributed by atoms with van der Waals surface area (Å²) in [4.78, 5) is 88.7. The predicted molar refractivity (Wildman–Crippen MR) is 276 cm³/mol. The molecule has 0 saturated carbocycles. The van der Waals surface area contributed by atoms with Crippen LogP contribution < -0.4 is 31.1 Å². The Labute approximate surface area is 463 Å². The van der Waals surface area contributed by atoms with Crippen molar-refractivity contribution in [1.82, 2.24) is 20.9 Å². The molecule has 6 amide bonds. The Hall–Kier alpha value is -5.96. The number of anilines is 1. The van der Waals surface area contributed by atoms with E-state index in [1.54, 1.807) is 7.11 Å². The lowest BCUT2D eigenvalue weighted by molar-refractivity contribution is -0.271. The molecule has 0 radical (unpaired) electrons. The largest absolute Gasteiger partial charge is 0.596 e. The lowest BCUT2D eigenvalue weighted by Crippen LogP contribution is -2.61. The van der Waals surface area contributed by atoms with Gasteiger partial charge in [0.25, 0.3) is 11.8 Å². The summed E-state index contributed by atoms with van der Waals surface area (Å²) in [6, 6.07) is 2.85. The molecule has 1 aromatic carbocycles. The molecule has 1 aromatic rings. The van der Waals surface area contributed by atoms with Crippen LogP contribution in [0, 0.1) is 5.41 Å². The second kappa shape index (κ2) is 41.1. The SMILES string of the molecule is COCCOCCOCCOCCOCCOCCOCCOCCC(=O)NCCCC[C@H](NC(=O)CCCCCN1C(=O)C=CC1=O)C(=O)NCCC(=O)Nc1cc(COC(=N)[O-])ccc1O[C@@H]1O[C@H](C(=O)O)[C@@H](O)[C@H](O)[C@H]1O. The van der Waals surface area contributed by atoms with Gasteiger partial charge in [0.1, 0.15) is 36.2 Å². The normalized spacial score (nSPS) is 18.2. The van der Waals surface area contributed by atoms with E-state index in [1.807, 2.05) is 0 Å². The lowest BCUT2D eigenvalue weighted by Gasteiger charge is -2.38. The van der Waals surface area contributed by atoms with E-state index in [1.165, 1.54) is 30.4 Å².